The number of aliphatic hydroxyl groups is 1. The number of rotatable bonds is 3. The van der Waals surface area contributed by atoms with E-state index in [1.54, 1.807) is 24.8 Å². The Labute approximate surface area is 125 Å². The van der Waals surface area contributed by atoms with E-state index in [1.807, 2.05) is 36.4 Å². The van der Waals surface area contributed by atoms with E-state index >= 15 is 0 Å². The summed E-state index contributed by atoms with van der Waals surface area (Å²) in [5.74, 6) is 0. The number of nitriles is 1. The molecule has 0 aliphatic rings. The third-order valence-electron chi connectivity index (χ3n) is 2.63. The summed E-state index contributed by atoms with van der Waals surface area (Å²) in [5.41, 5.74) is 1.44. The van der Waals surface area contributed by atoms with Crippen LogP contribution in [-0.4, -0.2) is 5.11 Å². The number of aliphatic hydroxyl groups excluding tert-OH is 1. The van der Waals surface area contributed by atoms with Crippen LogP contribution >= 0.6 is 27.7 Å². The second kappa shape index (κ2) is 6.25. The van der Waals surface area contributed by atoms with Crippen LogP contribution in [0, 0.1) is 11.3 Å². The van der Waals surface area contributed by atoms with Gasteiger partial charge >= 0.3 is 0 Å². The van der Waals surface area contributed by atoms with E-state index in [9.17, 15) is 5.11 Å². The second-order valence-corrected chi connectivity index (χ2v) is 6.13. The molecule has 0 aromatic heterocycles. The maximum atomic E-state index is 9.79. The molecule has 2 nitrogen and oxygen atoms in total. The summed E-state index contributed by atoms with van der Waals surface area (Å²) in [6, 6.07) is 15.4. The molecule has 19 heavy (non-hydrogen) atoms. The lowest BCUT2D eigenvalue weighted by Gasteiger charge is -2.12. The van der Waals surface area contributed by atoms with Crippen molar-refractivity contribution in [3.63, 3.8) is 0 Å². The maximum absolute atomic E-state index is 9.79. The van der Waals surface area contributed by atoms with E-state index < -0.39 is 6.10 Å². The quantitative estimate of drug-likeness (QED) is 0.897. The van der Waals surface area contributed by atoms with Gasteiger partial charge < -0.3 is 5.11 Å². The smallest absolute Gasteiger partial charge is 0.0992 e. The predicted octanol–water partition coefficient (Wildman–Crippen LogP) is 4.53. The first-order valence-electron chi connectivity index (χ1n) is 5.75. The average Bonchev–Trinajstić information content (AvgIpc) is 2.41. The normalized spacial score (nSPS) is 11.9. The van der Waals surface area contributed by atoms with Crippen molar-refractivity contribution in [2.75, 3.05) is 0 Å². The van der Waals surface area contributed by atoms with Gasteiger partial charge in [-0.3, -0.25) is 0 Å². The van der Waals surface area contributed by atoms with Crippen molar-refractivity contribution in [3.8, 4) is 6.07 Å². The number of benzene rings is 2. The highest BCUT2D eigenvalue weighted by molar-refractivity contribution is 9.10. The summed E-state index contributed by atoms with van der Waals surface area (Å²) < 4.78 is 1.03. The molecule has 0 amide bonds. The summed E-state index contributed by atoms with van der Waals surface area (Å²) in [4.78, 5) is 1.98. The first-order valence-corrected chi connectivity index (χ1v) is 7.36. The molecule has 0 spiro atoms. The molecule has 1 N–H and O–H groups in total. The third kappa shape index (κ3) is 3.60. The Kier molecular flexibility index (Phi) is 4.65. The molecule has 1 atom stereocenters. The molecule has 0 saturated carbocycles. The Balaban J connectivity index is 2.37. The molecule has 0 radical (unpaired) electrons. The van der Waals surface area contributed by atoms with Crippen LogP contribution in [0.15, 0.2) is 56.7 Å². The lowest BCUT2D eigenvalue weighted by atomic mass is 10.1. The molecule has 0 aliphatic heterocycles. The highest BCUT2D eigenvalue weighted by Gasteiger charge is 2.10. The molecule has 2 rings (SSSR count). The molecule has 0 heterocycles. The van der Waals surface area contributed by atoms with Crippen molar-refractivity contribution in [1.82, 2.24) is 0 Å². The molecular weight excluding hydrogens is 322 g/mol. The van der Waals surface area contributed by atoms with Crippen LogP contribution in [0.25, 0.3) is 0 Å². The monoisotopic (exact) mass is 333 g/mol. The van der Waals surface area contributed by atoms with Gasteiger partial charge in [0, 0.05) is 14.3 Å². The van der Waals surface area contributed by atoms with E-state index in [2.05, 4.69) is 22.0 Å². The fraction of sp³-hybridized carbons (Fsp3) is 0.133. The van der Waals surface area contributed by atoms with Gasteiger partial charge in [0.25, 0.3) is 0 Å². The Morgan fingerprint density at radius 1 is 1.21 bits per heavy atom. The Morgan fingerprint density at radius 3 is 2.47 bits per heavy atom. The van der Waals surface area contributed by atoms with E-state index in [-0.39, 0.29) is 0 Å². The molecule has 96 valence electrons. The first kappa shape index (κ1) is 14.1. The molecule has 2 aromatic rings. The van der Waals surface area contributed by atoms with Gasteiger partial charge in [0.15, 0.2) is 0 Å². The van der Waals surface area contributed by atoms with Crippen molar-refractivity contribution in [2.45, 2.75) is 22.8 Å². The fourth-order valence-corrected chi connectivity index (χ4v) is 3.00. The van der Waals surface area contributed by atoms with Crippen LogP contribution in [0.4, 0.5) is 0 Å². The SMILES string of the molecule is C[C@@H](O)c1ccc(C#N)cc1Sc1ccc(Br)cc1. The minimum absolute atomic E-state index is 0.550. The highest BCUT2D eigenvalue weighted by Crippen LogP contribution is 2.34. The molecule has 0 fully saturated rings. The zero-order valence-electron chi connectivity index (χ0n) is 10.3. The highest BCUT2D eigenvalue weighted by atomic mass is 79.9. The van der Waals surface area contributed by atoms with Crippen molar-refractivity contribution < 1.29 is 5.11 Å². The van der Waals surface area contributed by atoms with Gasteiger partial charge in [0.05, 0.1) is 17.7 Å². The predicted molar refractivity (Wildman–Crippen MR) is 80.1 cm³/mol. The fourth-order valence-electron chi connectivity index (χ4n) is 1.67. The van der Waals surface area contributed by atoms with Crippen molar-refractivity contribution >= 4 is 27.7 Å². The van der Waals surface area contributed by atoms with Crippen molar-refractivity contribution in [3.05, 3.63) is 58.1 Å². The Bertz CT molecular complexity index is 617. The van der Waals surface area contributed by atoms with Gasteiger partial charge in [0.1, 0.15) is 0 Å². The minimum atomic E-state index is -0.550. The largest absolute Gasteiger partial charge is 0.389 e. The summed E-state index contributed by atoms with van der Waals surface area (Å²) in [7, 11) is 0. The van der Waals surface area contributed by atoms with Gasteiger partial charge in [-0.2, -0.15) is 5.26 Å². The van der Waals surface area contributed by atoms with Crippen LogP contribution in [0.1, 0.15) is 24.2 Å². The number of halogens is 1. The van der Waals surface area contributed by atoms with Gasteiger partial charge in [-0.25, -0.2) is 0 Å². The minimum Gasteiger partial charge on any atom is -0.389 e. The maximum Gasteiger partial charge on any atom is 0.0992 e. The lowest BCUT2D eigenvalue weighted by molar-refractivity contribution is 0.196. The summed E-state index contributed by atoms with van der Waals surface area (Å²) in [6.45, 7) is 1.73. The summed E-state index contributed by atoms with van der Waals surface area (Å²) in [6.07, 6.45) is -0.550. The molecule has 0 unspecified atom stereocenters. The zero-order valence-corrected chi connectivity index (χ0v) is 12.7. The first-order chi connectivity index (χ1) is 9.10. The van der Waals surface area contributed by atoms with Crippen molar-refractivity contribution in [1.29, 1.82) is 5.26 Å². The molecule has 4 heteroatoms. The topological polar surface area (TPSA) is 44.0 Å². The summed E-state index contributed by atoms with van der Waals surface area (Å²) in [5, 5.41) is 18.8. The molecule has 0 saturated heterocycles. The van der Waals surface area contributed by atoms with E-state index in [1.165, 1.54) is 0 Å². The lowest BCUT2D eigenvalue weighted by Crippen LogP contribution is -1.94. The van der Waals surface area contributed by atoms with Crippen LogP contribution in [0.5, 0.6) is 0 Å². The number of hydrogen-bond acceptors (Lipinski definition) is 3. The van der Waals surface area contributed by atoms with Crippen LogP contribution in [-0.2, 0) is 0 Å². The number of hydrogen-bond donors (Lipinski definition) is 1. The third-order valence-corrected chi connectivity index (χ3v) is 4.24. The molecule has 0 bridgehead atoms. The van der Waals surface area contributed by atoms with Gasteiger partial charge in [0.2, 0.25) is 0 Å². The second-order valence-electron chi connectivity index (χ2n) is 4.10. The van der Waals surface area contributed by atoms with Crippen LogP contribution in [0.2, 0.25) is 0 Å². The molecular formula is C15H12BrNOS. The zero-order chi connectivity index (χ0) is 13.8. The standard InChI is InChI=1S/C15H12BrNOS/c1-10(18)14-7-2-11(9-17)8-15(14)19-13-5-3-12(16)4-6-13/h2-8,10,18H,1H3/t10-/m1/s1. The van der Waals surface area contributed by atoms with Gasteiger partial charge in [-0.1, -0.05) is 33.8 Å². The van der Waals surface area contributed by atoms with Crippen LogP contribution < -0.4 is 0 Å². The van der Waals surface area contributed by atoms with E-state index in [0.717, 1.165) is 19.8 Å². The Hall–Kier alpha value is -1.28. The van der Waals surface area contributed by atoms with E-state index in [0.29, 0.717) is 5.56 Å². The average molecular weight is 334 g/mol. The Morgan fingerprint density at radius 2 is 1.89 bits per heavy atom. The summed E-state index contributed by atoms with van der Waals surface area (Å²) >= 11 is 4.95. The van der Waals surface area contributed by atoms with Crippen molar-refractivity contribution in [2.24, 2.45) is 0 Å². The van der Waals surface area contributed by atoms with Gasteiger partial charge in [-0.05, 0) is 48.9 Å². The molecule has 0 aliphatic carbocycles. The van der Waals surface area contributed by atoms with Crippen LogP contribution in [0.3, 0.4) is 0 Å². The number of nitrogens with zero attached hydrogens (tertiary/aromatic N) is 1. The molecule has 2 aromatic carbocycles. The van der Waals surface area contributed by atoms with Gasteiger partial charge in [-0.15, -0.1) is 0 Å². The van der Waals surface area contributed by atoms with E-state index in [4.69, 9.17) is 5.26 Å².